The first-order valence-corrected chi connectivity index (χ1v) is 8.95. The van der Waals surface area contributed by atoms with Crippen LogP contribution in [0.1, 0.15) is 56.0 Å². The van der Waals surface area contributed by atoms with E-state index in [1.54, 1.807) is 11.3 Å². The molecule has 5 heteroatoms. The normalized spacial score (nSPS) is 21.0. The van der Waals surface area contributed by atoms with Gasteiger partial charge in [-0.05, 0) is 51.9 Å². The molecule has 0 radical (unpaired) electrons. The molecule has 1 saturated carbocycles. The quantitative estimate of drug-likeness (QED) is 0.756. The molecular weight excluding hydrogens is 284 g/mol. The van der Waals surface area contributed by atoms with Crippen molar-refractivity contribution in [2.75, 3.05) is 24.6 Å². The third-order valence-corrected chi connectivity index (χ3v) is 5.53. The average molecular weight is 308 g/mol. The molecule has 0 aliphatic heterocycles. The predicted molar refractivity (Wildman–Crippen MR) is 85.0 cm³/mol. The molecule has 0 amide bonds. The largest absolute Gasteiger partial charge is 0.465 e. The van der Waals surface area contributed by atoms with Gasteiger partial charge < -0.3 is 9.64 Å². The van der Waals surface area contributed by atoms with Crippen molar-refractivity contribution in [2.45, 2.75) is 51.9 Å². The second-order valence-electron chi connectivity index (χ2n) is 5.98. The summed E-state index contributed by atoms with van der Waals surface area (Å²) in [5, 5.41) is 1.10. The van der Waals surface area contributed by atoms with Gasteiger partial charge in [0, 0.05) is 18.0 Å². The fourth-order valence-electron chi connectivity index (χ4n) is 2.97. The lowest BCUT2D eigenvalue weighted by Gasteiger charge is -2.20. The van der Waals surface area contributed by atoms with Gasteiger partial charge in [-0.1, -0.05) is 0 Å². The number of aromatic nitrogens is 1. The van der Waals surface area contributed by atoms with Gasteiger partial charge in [0.1, 0.15) is 5.92 Å². The van der Waals surface area contributed by atoms with Crippen molar-refractivity contribution in [1.29, 1.82) is 0 Å². The summed E-state index contributed by atoms with van der Waals surface area (Å²) < 4.78 is 5.22. The monoisotopic (exact) mass is 308 g/mol. The molecule has 1 unspecified atom stereocenters. The van der Waals surface area contributed by atoms with Crippen molar-refractivity contribution in [3.05, 3.63) is 10.6 Å². The summed E-state index contributed by atoms with van der Waals surface area (Å²) in [5.74, 6) is 0.616. The van der Waals surface area contributed by atoms with E-state index in [1.165, 1.54) is 17.7 Å². The van der Waals surface area contributed by atoms with E-state index in [-0.39, 0.29) is 11.9 Å². The SMILES string of the molecule is CCOC(=O)C1CCCc2sc(N(CC)CC3CC3)nc21. The minimum Gasteiger partial charge on any atom is -0.465 e. The Kier molecular flexibility index (Phi) is 4.48. The third-order valence-electron chi connectivity index (χ3n) is 4.34. The minimum atomic E-state index is -0.140. The number of thiazole rings is 1. The Labute approximate surface area is 130 Å². The molecule has 2 aliphatic carbocycles. The summed E-state index contributed by atoms with van der Waals surface area (Å²) in [4.78, 5) is 20.6. The van der Waals surface area contributed by atoms with Crippen molar-refractivity contribution in [3.63, 3.8) is 0 Å². The average Bonchev–Trinajstić information content (AvgIpc) is 3.20. The zero-order valence-electron chi connectivity index (χ0n) is 12.9. The first kappa shape index (κ1) is 14.8. The first-order valence-electron chi connectivity index (χ1n) is 8.14. The van der Waals surface area contributed by atoms with Crippen LogP contribution in [-0.4, -0.2) is 30.6 Å². The molecule has 1 heterocycles. The zero-order chi connectivity index (χ0) is 14.8. The van der Waals surface area contributed by atoms with Crippen LogP contribution in [0.2, 0.25) is 0 Å². The Morgan fingerprint density at radius 3 is 2.86 bits per heavy atom. The zero-order valence-corrected chi connectivity index (χ0v) is 13.7. The van der Waals surface area contributed by atoms with Crippen LogP contribution in [0.5, 0.6) is 0 Å². The number of hydrogen-bond acceptors (Lipinski definition) is 5. The topological polar surface area (TPSA) is 42.4 Å². The molecule has 1 atom stereocenters. The van der Waals surface area contributed by atoms with E-state index in [1.807, 2.05) is 6.92 Å². The number of aryl methyl sites for hydroxylation is 1. The van der Waals surface area contributed by atoms with Crippen molar-refractivity contribution in [2.24, 2.45) is 5.92 Å². The highest BCUT2D eigenvalue weighted by Gasteiger charge is 2.33. The van der Waals surface area contributed by atoms with Crippen LogP contribution in [0.3, 0.4) is 0 Å². The number of ether oxygens (including phenoxy) is 1. The molecule has 21 heavy (non-hydrogen) atoms. The summed E-state index contributed by atoms with van der Waals surface area (Å²) in [6.45, 7) is 6.61. The number of esters is 1. The van der Waals surface area contributed by atoms with Crippen LogP contribution in [-0.2, 0) is 16.0 Å². The summed E-state index contributed by atoms with van der Waals surface area (Å²) in [6, 6.07) is 0. The molecule has 0 bridgehead atoms. The lowest BCUT2D eigenvalue weighted by molar-refractivity contribution is -0.145. The molecule has 0 saturated heterocycles. The summed E-state index contributed by atoms with van der Waals surface area (Å²) in [6.07, 6.45) is 5.71. The number of anilines is 1. The van der Waals surface area contributed by atoms with Crippen molar-refractivity contribution < 1.29 is 9.53 Å². The molecule has 3 rings (SSSR count). The van der Waals surface area contributed by atoms with Crippen LogP contribution >= 0.6 is 11.3 Å². The van der Waals surface area contributed by atoms with Gasteiger partial charge >= 0.3 is 5.97 Å². The first-order chi connectivity index (χ1) is 10.2. The van der Waals surface area contributed by atoms with Gasteiger partial charge in [0.15, 0.2) is 5.13 Å². The second-order valence-corrected chi connectivity index (χ2v) is 7.05. The van der Waals surface area contributed by atoms with Crippen LogP contribution in [0, 0.1) is 5.92 Å². The van der Waals surface area contributed by atoms with Gasteiger partial charge in [-0.15, -0.1) is 11.3 Å². The standard InChI is InChI=1S/C16H24N2O2S/c1-3-18(10-11-8-9-11)16-17-14-12(15(19)20-4-2)6-5-7-13(14)21-16/h11-12H,3-10H2,1-2H3. The molecule has 0 aromatic carbocycles. The van der Waals surface area contributed by atoms with Crippen molar-refractivity contribution >= 4 is 22.4 Å². The Hall–Kier alpha value is -1.10. The van der Waals surface area contributed by atoms with Crippen LogP contribution < -0.4 is 4.90 Å². The van der Waals surface area contributed by atoms with Crippen molar-refractivity contribution in [3.8, 4) is 0 Å². The maximum Gasteiger partial charge on any atom is 0.315 e. The van der Waals surface area contributed by atoms with E-state index in [0.29, 0.717) is 6.61 Å². The number of carbonyl (C=O) groups excluding carboxylic acids is 1. The van der Waals surface area contributed by atoms with E-state index >= 15 is 0 Å². The Balaban J connectivity index is 1.80. The molecule has 1 aromatic heterocycles. The van der Waals surface area contributed by atoms with Gasteiger partial charge in [-0.2, -0.15) is 0 Å². The summed E-state index contributed by atoms with van der Waals surface area (Å²) in [5.41, 5.74) is 0.994. The van der Waals surface area contributed by atoms with Gasteiger partial charge in [0.05, 0.1) is 12.3 Å². The molecular formula is C16H24N2O2S. The highest BCUT2D eigenvalue weighted by molar-refractivity contribution is 7.15. The van der Waals surface area contributed by atoms with E-state index in [0.717, 1.165) is 49.1 Å². The van der Waals surface area contributed by atoms with E-state index < -0.39 is 0 Å². The molecule has 4 nitrogen and oxygen atoms in total. The lowest BCUT2D eigenvalue weighted by atomic mass is 9.91. The molecule has 0 N–H and O–H groups in total. The Morgan fingerprint density at radius 1 is 1.38 bits per heavy atom. The van der Waals surface area contributed by atoms with Gasteiger partial charge in [-0.3, -0.25) is 4.79 Å². The third kappa shape index (κ3) is 3.23. The van der Waals surface area contributed by atoms with Crippen molar-refractivity contribution in [1.82, 2.24) is 4.98 Å². The summed E-state index contributed by atoms with van der Waals surface area (Å²) >= 11 is 1.78. The minimum absolute atomic E-state index is 0.0967. The number of carbonyl (C=O) groups is 1. The highest BCUT2D eigenvalue weighted by atomic mass is 32.1. The summed E-state index contributed by atoms with van der Waals surface area (Å²) in [7, 11) is 0. The molecule has 2 aliphatic rings. The number of hydrogen-bond donors (Lipinski definition) is 0. The second kappa shape index (κ2) is 6.34. The fourth-order valence-corrected chi connectivity index (χ4v) is 4.20. The number of rotatable bonds is 6. The maximum atomic E-state index is 12.1. The lowest BCUT2D eigenvalue weighted by Crippen LogP contribution is -2.25. The fraction of sp³-hybridized carbons (Fsp3) is 0.750. The highest BCUT2D eigenvalue weighted by Crippen LogP contribution is 2.39. The van der Waals surface area contributed by atoms with Gasteiger partial charge in [0.2, 0.25) is 0 Å². The van der Waals surface area contributed by atoms with Gasteiger partial charge in [0.25, 0.3) is 0 Å². The smallest absolute Gasteiger partial charge is 0.315 e. The van der Waals surface area contributed by atoms with Crippen LogP contribution in [0.4, 0.5) is 5.13 Å². The molecule has 116 valence electrons. The van der Waals surface area contributed by atoms with E-state index in [2.05, 4.69) is 11.8 Å². The number of fused-ring (bicyclic) bond motifs is 1. The maximum absolute atomic E-state index is 12.1. The Morgan fingerprint density at radius 2 is 2.19 bits per heavy atom. The van der Waals surface area contributed by atoms with Crippen LogP contribution in [0.25, 0.3) is 0 Å². The van der Waals surface area contributed by atoms with Gasteiger partial charge in [-0.25, -0.2) is 4.98 Å². The molecule has 1 fully saturated rings. The Bertz CT molecular complexity index is 510. The molecule has 1 aromatic rings. The van der Waals surface area contributed by atoms with Crippen LogP contribution in [0.15, 0.2) is 0 Å². The molecule has 0 spiro atoms. The number of nitrogens with zero attached hydrogens (tertiary/aromatic N) is 2. The van der Waals surface area contributed by atoms with E-state index in [4.69, 9.17) is 9.72 Å². The van der Waals surface area contributed by atoms with E-state index in [9.17, 15) is 4.79 Å². The predicted octanol–water partition coefficient (Wildman–Crippen LogP) is 3.36.